The van der Waals surface area contributed by atoms with Crippen LogP contribution in [0.3, 0.4) is 0 Å². The fourth-order valence-electron chi connectivity index (χ4n) is 2.44. The second-order valence-corrected chi connectivity index (χ2v) is 6.68. The quantitative estimate of drug-likeness (QED) is 0.473. The highest BCUT2D eigenvalue weighted by Gasteiger charge is 2.16. The van der Waals surface area contributed by atoms with Crippen molar-refractivity contribution in [2.45, 2.75) is 41.9 Å². The maximum absolute atomic E-state index is 5.35. The van der Waals surface area contributed by atoms with Gasteiger partial charge >= 0.3 is 0 Å². The average molecular weight is 362 g/mol. The van der Waals surface area contributed by atoms with E-state index in [1.54, 1.807) is 31.6 Å². The van der Waals surface area contributed by atoms with E-state index < -0.39 is 0 Å². The van der Waals surface area contributed by atoms with Crippen LogP contribution in [-0.2, 0) is 0 Å². The summed E-state index contributed by atoms with van der Waals surface area (Å²) in [6, 6.07) is 3.94. The van der Waals surface area contributed by atoms with Crippen molar-refractivity contribution < 1.29 is 4.74 Å². The third-order valence-electron chi connectivity index (χ3n) is 3.54. The molecule has 0 atom stereocenters. The first-order chi connectivity index (χ1) is 11.7. The summed E-state index contributed by atoms with van der Waals surface area (Å²) in [6.45, 7) is 0. The normalized spacial score (nSPS) is 14.4. The molecule has 0 aromatic carbocycles. The van der Waals surface area contributed by atoms with Crippen LogP contribution in [0.5, 0.6) is 5.88 Å². The van der Waals surface area contributed by atoms with Gasteiger partial charge in [0.25, 0.3) is 0 Å². The summed E-state index contributed by atoms with van der Waals surface area (Å²) in [6.07, 6.45) is 8.16. The van der Waals surface area contributed by atoms with E-state index in [-0.39, 0.29) is 0 Å². The topological polar surface area (TPSA) is 84.9 Å². The van der Waals surface area contributed by atoms with E-state index in [0.717, 1.165) is 12.8 Å². The van der Waals surface area contributed by atoms with E-state index in [2.05, 4.69) is 30.6 Å². The summed E-state index contributed by atoms with van der Waals surface area (Å²) in [7, 11) is 1.56. The minimum absolute atomic E-state index is 0.392. The molecule has 0 bridgehead atoms. The van der Waals surface area contributed by atoms with Crippen molar-refractivity contribution >= 4 is 35.0 Å². The van der Waals surface area contributed by atoms with Gasteiger partial charge < -0.3 is 15.4 Å². The lowest BCUT2D eigenvalue weighted by Gasteiger charge is -2.15. The van der Waals surface area contributed by atoms with Gasteiger partial charge in [0.2, 0.25) is 11.8 Å². The summed E-state index contributed by atoms with van der Waals surface area (Å²) in [4.78, 5) is 17.1. The lowest BCUT2D eigenvalue weighted by molar-refractivity contribution is 0.396. The van der Waals surface area contributed by atoms with Gasteiger partial charge in [-0.05, 0) is 42.9 Å². The SMILES string of the molecule is COc1cc(Sc2ncccn2)nc(NC(=S)NC2CCCC2)n1. The Kier molecular flexibility index (Phi) is 5.76. The van der Waals surface area contributed by atoms with Crippen LogP contribution >= 0.6 is 24.0 Å². The van der Waals surface area contributed by atoms with Gasteiger partial charge in [0.15, 0.2) is 10.3 Å². The van der Waals surface area contributed by atoms with Crippen LogP contribution in [-0.4, -0.2) is 38.2 Å². The highest BCUT2D eigenvalue weighted by molar-refractivity contribution is 7.99. The van der Waals surface area contributed by atoms with Gasteiger partial charge in [-0.3, -0.25) is 0 Å². The molecule has 0 spiro atoms. The van der Waals surface area contributed by atoms with Crippen molar-refractivity contribution in [3.05, 3.63) is 24.5 Å². The molecule has 0 radical (unpaired) electrons. The molecular formula is C15H18N6OS2. The molecule has 1 fully saturated rings. The molecular weight excluding hydrogens is 344 g/mol. The molecule has 1 saturated carbocycles. The first-order valence-electron chi connectivity index (χ1n) is 7.68. The maximum atomic E-state index is 5.35. The summed E-state index contributed by atoms with van der Waals surface area (Å²) in [5.74, 6) is 0.845. The molecule has 2 aromatic heterocycles. The molecule has 9 heteroatoms. The van der Waals surface area contributed by atoms with Crippen LogP contribution in [0.2, 0.25) is 0 Å². The summed E-state index contributed by atoms with van der Waals surface area (Å²) < 4.78 is 5.24. The largest absolute Gasteiger partial charge is 0.481 e. The molecule has 3 rings (SSSR count). The number of thiocarbonyl (C=S) groups is 1. The summed E-state index contributed by atoms with van der Waals surface area (Å²) in [5.41, 5.74) is 0. The zero-order valence-electron chi connectivity index (χ0n) is 13.2. The molecule has 2 aromatic rings. The second-order valence-electron chi connectivity index (χ2n) is 5.29. The van der Waals surface area contributed by atoms with E-state index in [9.17, 15) is 0 Å². The Balaban J connectivity index is 1.70. The molecule has 24 heavy (non-hydrogen) atoms. The van der Waals surface area contributed by atoms with E-state index in [1.807, 2.05) is 0 Å². The molecule has 2 N–H and O–H groups in total. The Bertz CT molecular complexity index is 694. The molecule has 0 unspecified atom stereocenters. The number of methoxy groups -OCH3 is 1. The van der Waals surface area contributed by atoms with Gasteiger partial charge in [-0.1, -0.05) is 12.8 Å². The monoisotopic (exact) mass is 362 g/mol. The minimum atomic E-state index is 0.392. The predicted octanol–water partition coefficient (Wildman–Crippen LogP) is 2.66. The lowest BCUT2D eigenvalue weighted by atomic mass is 10.3. The van der Waals surface area contributed by atoms with Gasteiger partial charge in [-0.2, -0.15) is 4.98 Å². The molecule has 126 valence electrons. The van der Waals surface area contributed by atoms with Crippen LogP contribution in [0.15, 0.2) is 34.7 Å². The van der Waals surface area contributed by atoms with E-state index in [1.165, 1.54) is 24.6 Å². The Hall–Kier alpha value is -2.00. The number of nitrogens with one attached hydrogen (secondary N) is 2. The van der Waals surface area contributed by atoms with Crippen molar-refractivity contribution in [2.24, 2.45) is 0 Å². The minimum Gasteiger partial charge on any atom is -0.481 e. The molecule has 0 amide bonds. The van der Waals surface area contributed by atoms with Gasteiger partial charge in [0.1, 0.15) is 5.03 Å². The van der Waals surface area contributed by atoms with Crippen molar-refractivity contribution in [3.63, 3.8) is 0 Å². The molecule has 2 heterocycles. The molecule has 1 aliphatic carbocycles. The third kappa shape index (κ3) is 4.75. The van der Waals surface area contributed by atoms with Crippen LogP contribution in [0.1, 0.15) is 25.7 Å². The predicted molar refractivity (Wildman–Crippen MR) is 96.4 cm³/mol. The Labute approximate surface area is 150 Å². The van der Waals surface area contributed by atoms with Crippen LogP contribution < -0.4 is 15.4 Å². The number of aromatic nitrogens is 4. The molecule has 7 nitrogen and oxygen atoms in total. The number of hydrogen-bond donors (Lipinski definition) is 2. The first kappa shape index (κ1) is 16.8. The zero-order chi connectivity index (χ0) is 16.8. The maximum Gasteiger partial charge on any atom is 0.233 e. The number of anilines is 1. The highest BCUT2D eigenvalue weighted by Crippen LogP contribution is 2.26. The van der Waals surface area contributed by atoms with Crippen molar-refractivity contribution in [1.82, 2.24) is 25.3 Å². The van der Waals surface area contributed by atoms with Gasteiger partial charge in [0.05, 0.1) is 7.11 Å². The lowest BCUT2D eigenvalue weighted by Crippen LogP contribution is -2.36. The highest BCUT2D eigenvalue weighted by atomic mass is 32.2. The smallest absolute Gasteiger partial charge is 0.233 e. The van der Waals surface area contributed by atoms with E-state index in [4.69, 9.17) is 17.0 Å². The molecule has 0 saturated heterocycles. The fraction of sp³-hybridized carbons (Fsp3) is 0.400. The van der Waals surface area contributed by atoms with Gasteiger partial charge in [-0.25, -0.2) is 15.0 Å². The Morgan fingerprint density at radius 2 is 2.00 bits per heavy atom. The van der Waals surface area contributed by atoms with Gasteiger partial charge in [0, 0.05) is 24.5 Å². The fourth-order valence-corrected chi connectivity index (χ4v) is 3.41. The molecule has 1 aliphatic rings. The van der Waals surface area contributed by atoms with Crippen LogP contribution in [0.25, 0.3) is 0 Å². The van der Waals surface area contributed by atoms with Gasteiger partial charge in [-0.15, -0.1) is 0 Å². The molecule has 0 aliphatic heterocycles. The third-order valence-corrected chi connectivity index (χ3v) is 4.57. The number of nitrogens with zero attached hydrogens (tertiary/aromatic N) is 4. The van der Waals surface area contributed by atoms with Crippen LogP contribution in [0.4, 0.5) is 5.95 Å². The number of hydrogen-bond acceptors (Lipinski definition) is 7. The number of rotatable bonds is 5. The standard InChI is InChI=1S/C15H18N6OS2/c1-22-11-9-12(24-15-16-7-4-8-17-15)20-13(19-11)21-14(23)18-10-5-2-3-6-10/h4,7-10H,2-3,5-6H2,1H3,(H2,18,19,20,21,23). The Morgan fingerprint density at radius 1 is 1.25 bits per heavy atom. The Morgan fingerprint density at radius 3 is 2.71 bits per heavy atom. The second kappa shape index (κ2) is 8.20. The average Bonchev–Trinajstić information content (AvgIpc) is 3.08. The number of ether oxygens (including phenoxy) is 1. The van der Waals surface area contributed by atoms with E-state index in [0.29, 0.717) is 33.2 Å². The van der Waals surface area contributed by atoms with Crippen molar-refractivity contribution in [2.75, 3.05) is 12.4 Å². The van der Waals surface area contributed by atoms with Crippen molar-refractivity contribution in [3.8, 4) is 5.88 Å². The first-order valence-corrected chi connectivity index (χ1v) is 8.91. The van der Waals surface area contributed by atoms with Crippen molar-refractivity contribution in [1.29, 1.82) is 0 Å². The zero-order valence-corrected chi connectivity index (χ0v) is 14.9. The summed E-state index contributed by atoms with van der Waals surface area (Å²) in [5, 5.41) is 8.15. The summed E-state index contributed by atoms with van der Waals surface area (Å²) >= 11 is 6.68. The van der Waals surface area contributed by atoms with Crippen LogP contribution in [0, 0.1) is 0 Å². The van der Waals surface area contributed by atoms with E-state index >= 15 is 0 Å².